The summed E-state index contributed by atoms with van der Waals surface area (Å²) in [4.78, 5) is 121. The number of nitrogens with zero attached hydrogens (tertiary/aromatic N) is 1. The summed E-state index contributed by atoms with van der Waals surface area (Å²) in [6.07, 6.45) is 3.78. The number of likely N-dealkylation sites (tertiary alicyclic amines) is 1. The summed E-state index contributed by atoms with van der Waals surface area (Å²) in [6, 6.07) is 6.15. The van der Waals surface area contributed by atoms with Gasteiger partial charge < -0.3 is 53.6 Å². The van der Waals surface area contributed by atoms with Gasteiger partial charge in [-0.05, 0) is 83.2 Å². The molecule has 67 heavy (non-hydrogen) atoms. The standard InChI is InChI=1S/C48H70N10O9/c1-27(2)24-36(57-44(63)30(6)54-43(62)29(5)55-45(64)34(50)17-9-10-20-49)46(65)53-26-39(59)56-37(25-28(3)4)48(67)58-23-12-19-38(58)47(66)52-22-13-21-51-35-18-11-16-33-40(35)42(61)32-15-8-7-14-31(32)41(33)60/h7-8,11,14-16,18,27-30,34,36-38,51H,9-10,12-13,17,19-26,49-50H2,1-6H3,(H,52,66)(H,53,65)(H,54,62)(H,55,64)(H,56,59)(H,57,63)/t29-,30-,34+,36-,37-,38-/m0/s1. The molecule has 19 heteroatoms. The Hall–Kier alpha value is -6.21. The van der Waals surface area contributed by atoms with Crippen LogP contribution in [0, 0.1) is 11.8 Å². The molecule has 0 bridgehead atoms. The molecule has 11 N–H and O–H groups in total. The van der Waals surface area contributed by atoms with Gasteiger partial charge in [-0.3, -0.25) is 43.2 Å². The van der Waals surface area contributed by atoms with E-state index in [1.54, 1.807) is 42.5 Å². The molecule has 1 fully saturated rings. The summed E-state index contributed by atoms with van der Waals surface area (Å²) < 4.78 is 0. The lowest BCUT2D eigenvalue weighted by Gasteiger charge is -2.29. The number of amides is 7. The van der Waals surface area contributed by atoms with Crippen molar-refractivity contribution in [3.05, 3.63) is 64.7 Å². The number of nitrogens with two attached hydrogens (primary N) is 2. The maximum Gasteiger partial charge on any atom is 0.245 e. The van der Waals surface area contributed by atoms with Gasteiger partial charge in [-0.1, -0.05) is 70.5 Å². The first-order chi connectivity index (χ1) is 31.8. The topological polar surface area (TPSA) is 293 Å². The van der Waals surface area contributed by atoms with Gasteiger partial charge in [0.05, 0.1) is 18.2 Å². The van der Waals surface area contributed by atoms with Gasteiger partial charge in [-0.15, -0.1) is 0 Å². The van der Waals surface area contributed by atoms with E-state index in [0.29, 0.717) is 86.1 Å². The maximum absolute atomic E-state index is 14.0. The Morgan fingerprint density at radius 2 is 1.28 bits per heavy atom. The zero-order chi connectivity index (χ0) is 49.4. The fraction of sp³-hybridized carbons (Fsp3) is 0.562. The molecule has 0 spiro atoms. The molecule has 19 nitrogen and oxygen atoms in total. The second-order valence-electron chi connectivity index (χ2n) is 18.2. The number of rotatable bonds is 25. The first-order valence-electron chi connectivity index (χ1n) is 23.4. The SMILES string of the molecule is CC(C)C[C@H](NC(=O)[C@H](C)NC(=O)[C@H](C)NC(=O)[C@H](N)CCCCN)C(=O)NCC(=O)N[C@@H](CC(C)C)C(=O)N1CCC[C@H]1C(=O)NCCCNc1cccc2c1C(=O)c1ccccc1C2=O. The van der Waals surface area contributed by atoms with Gasteiger partial charge in [-0.25, -0.2) is 0 Å². The fourth-order valence-electron chi connectivity index (χ4n) is 8.09. The van der Waals surface area contributed by atoms with Gasteiger partial charge in [0.25, 0.3) is 0 Å². The lowest BCUT2D eigenvalue weighted by molar-refractivity contribution is -0.141. The first-order valence-corrected chi connectivity index (χ1v) is 23.4. The van der Waals surface area contributed by atoms with Crippen LogP contribution in [-0.4, -0.2) is 127 Å². The Morgan fingerprint density at radius 1 is 0.672 bits per heavy atom. The number of hydrogen-bond donors (Lipinski definition) is 9. The van der Waals surface area contributed by atoms with E-state index in [4.69, 9.17) is 11.5 Å². The van der Waals surface area contributed by atoms with E-state index in [0.717, 1.165) is 0 Å². The van der Waals surface area contributed by atoms with Crippen LogP contribution < -0.4 is 48.7 Å². The quantitative estimate of drug-likeness (QED) is 0.0539. The number of carbonyl (C=O) groups is 9. The Bertz CT molecular complexity index is 2130. The van der Waals surface area contributed by atoms with Crippen LogP contribution in [0.25, 0.3) is 0 Å². The fourth-order valence-corrected chi connectivity index (χ4v) is 8.09. The molecule has 1 aliphatic heterocycles. The number of unbranched alkanes of at least 4 members (excludes halogenated alkanes) is 1. The molecule has 1 heterocycles. The van der Waals surface area contributed by atoms with Crippen molar-refractivity contribution in [2.45, 2.75) is 129 Å². The molecule has 2 aromatic rings. The summed E-state index contributed by atoms with van der Waals surface area (Å²) in [5.74, 6) is -4.32. The molecule has 2 aliphatic rings. The number of hydrogen-bond acceptors (Lipinski definition) is 12. The lowest BCUT2D eigenvalue weighted by atomic mass is 9.83. The van der Waals surface area contributed by atoms with Gasteiger partial charge in [-0.2, -0.15) is 0 Å². The molecular formula is C48H70N10O9. The highest BCUT2D eigenvalue weighted by Gasteiger charge is 2.38. The molecule has 0 saturated carbocycles. The van der Waals surface area contributed by atoms with Gasteiger partial charge in [0.15, 0.2) is 11.6 Å². The van der Waals surface area contributed by atoms with Crippen molar-refractivity contribution >= 4 is 58.6 Å². The van der Waals surface area contributed by atoms with Crippen LogP contribution in [0.1, 0.15) is 125 Å². The van der Waals surface area contributed by atoms with Crippen molar-refractivity contribution in [2.24, 2.45) is 23.3 Å². The van der Waals surface area contributed by atoms with Gasteiger partial charge >= 0.3 is 0 Å². The van der Waals surface area contributed by atoms with E-state index in [1.807, 2.05) is 27.7 Å². The third-order valence-corrected chi connectivity index (χ3v) is 11.7. The average Bonchev–Trinajstić information content (AvgIpc) is 3.79. The van der Waals surface area contributed by atoms with Crippen LogP contribution in [0.4, 0.5) is 5.69 Å². The van der Waals surface area contributed by atoms with E-state index in [2.05, 4.69) is 37.2 Å². The summed E-state index contributed by atoms with van der Waals surface area (Å²) in [6.45, 7) is 11.4. The average molecular weight is 931 g/mol. The minimum absolute atomic E-state index is 0.0129. The second-order valence-corrected chi connectivity index (χ2v) is 18.2. The summed E-state index contributed by atoms with van der Waals surface area (Å²) in [5.41, 5.74) is 13.3. The maximum atomic E-state index is 14.0. The molecular weight excluding hydrogens is 861 g/mol. The Balaban J connectivity index is 1.26. The van der Waals surface area contributed by atoms with Crippen LogP contribution in [0.2, 0.25) is 0 Å². The number of fused-ring (bicyclic) bond motifs is 2. The largest absolute Gasteiger partial charge is 0.384 e. The van der Waals surface area contributed by atoms with Crippen LogP contribution in [0.3, 0.4) is 0 Å². The Kier molecular flexibility index (Phi) is 20.4. The smallest absolute Gasteiger partial charge is 0.245 e. The summed E-state index contributed by atoms with van der Waals surface area (Å²) >= 11 is 0. The molecule has 1 saturated heterocycles. The minimum atomic E-state index is -1.08. The van der Waals surface area contributed by atoms with E-state index >= 15 is 0 Å². The third kappa shape index (κ3) is 15.2. The van der Waals surface area contributed by atoms with E-state index in [1.165, 1.54) is 18.7 Å². The highest BCUT2D eigenvalue weighted by atomic mass is 16.2. The highest BCUT2D eigenvalue weighted by Crippen LogP contribution is 2.32. The van der Waals surface area contributed by atoms with Crippen molar-refractivity contribution in [3.63, 3.8) is 0 Å². The second kappa shape index (κ2) is 25.6. The normalized spacial score (nSPS) is 16.4. The number of nitrogens with one attached hydrogen (secondary N) is 7. The zero-order valence-corrected chi connectivity index (χ0v) is 39.6. The van der Waals surface area contributed by atoms with Gasteiger partial charge in [0, 0.05) is 42.0 Å². The molecule has 6 atom stereocenters. The molecule has 7 amide bonds. The van der Waals surface area contributed by atoms with Crippen molar-refractivity contribution in [1.29, 1.82) is 0 Å². The highest BCUT2D eigenvalue weighted by molar-refractivity contribution is 6.30. The molecule has 366 valence electrons. The number of ketones is 2. The van der Waals surface area contributed by atoms with Gasteiger partial charge in [0.2, 0.25) is 41.4 Å². The molecule has 4 rings (SSSR count). The number of anilines is 1. The van der Waals surface area contributed by atoms with Crippen LogP contribution in [0.15, 0.2) is 42.5 Å². The predicted molar refractivity (Wildman–Crippen MR) is 252 cm³/mol. The molecule has 0 unspecified atom stereocenters. The van der Waals surface area contributed by atoms with E-state index in [9.17, 15) is 43.2 Å². The van der Waals surface area contributed by atoms with E-state index in [-0.39, 0.29) is 48.7 Å². The molecule has 0 aromatic heterocycles. The Labute approximate surface area is 392 Å². The van der Waals surface area contributed by atoms with Crippen LogP contribution in [-0.2, 0) is 33.6 Å². The number of benzene rings is 2. The predicted octanol–water partition coefficient (Wildman–Crippen LogP) is 1.01. The van der Waals surface area contributed by atoms with Crippen molar-refractivity contribution in [2.75, 3.05) is 38.0 Å². The van der Waals surface area contributed by atoms with Crippen molar-refractivity contribution in [3.8, 4) is 0 Å². The van der Waals surface area contributed by atoms with Crippen LogP contribution in [0.5, 0.6) is 0 Å². The summed E-state index contributed by atoms with van der Waals surface area (Å²) in [7, 11) is 0. The zero-order valence-electron chi connectivity index (χ0n) is 39.6. The minimum Gasteiger partial charge on any atom is -0.384 e. The number of carbonyl (C=O) groups excluding carboxylic acids is 9. The molecule has 2 aromatic carbocycles. The van der Waals surface area contributed by atoms with Crippen molar-refractivity contribution < 1.29 is 43.2 Å². The van der Waals surface area contributed by atoms with Gasteiger partial charge in [0.1, 0.15) is 30.2 Å². The molecule has 0 radical (unpaired) electrons. The summed E-state index contributed by atoms with van der Waals surface area (Å²) in [5, 5.41) is 19.2. The first kappa shape index (κ1) is 53.4. The van der Waals surface area contributed by atoms with Crippen LogP contribution >= 0.6 is 0 Å². The lowest BCUT2D eigenvalue weighted by Crippen LogP contribution is -2.57. The van der Waals surface area contributed by atoms with Crippen molar-refractivity contribution in [1.82, 2.24) is 36.8 Å². The monoisotopic (exact) mass is 931 g/mol. The Morgan fingerprint density at radius 3 is 1.94 bits per heavy atom. The molecule has 1 aliphatic carbocycles. The van der Waals surface area contributed by atoms with E-state index < -0.39 is 78.2 Å². The third-order valence-electron chi connectivity index (χ3n) is 11.7.